The first-order chi connectivity index (χ1) is 5.54. The van der Waals surface area contributed by atoms with E-state index in [2.05, 4.69) is 22.9 Å². The Balaban J connectivity index is 3.01. The summed E-state index contributed by atoms with van der Waals surface area (Å²) in [5.74, 6) is 0. The van der Waals surface area contributed by atoms with E-state index in [1.165, 1.54) is 0 Å². The van der Waals surface area contributed by atoms with Crippen LogP contribution in [0.3, 0.4) is 0 Å². The van der Waals surface area contributed by atoms with Crippen molar-refractivity contribution in [3.05, 3.63) is 24.3 Å². The summed E-state index contributed by atoms with van der Waals surface area (Å²) in [6.45, 7) is 0. The maximum atomic E-state index is 11.6. The van der Waals surface area contributed by atoms with E-state index in [-0.39, 0.29) is 0 Å². The van der Waals surface area contributed by atoms with E-state index >= 15 is 0 Å². The second kappa shape index (κ2) is 3.83. The van der Waals surface area contributed by atoms with E-state index in [1.54, 1.807) is 6.26 Å². The molecular formula is C7H13NOP2S. The van der Waals surface area contributed by atoms with Crippen molar-refractivity contribution >= 4 is 33.1 Å². The van der Waals surface area contributed by atoms with Gasteiger partial charge in [0.1, 0.15) is 0 Å². The van der Waals surface area contributed by atoms with Gasteiger partial charge in [0.05, 0.1) is 0 Å². The molecule has 1 aromatic rings. The predicted octanol–water partition coefficient (Wildman–Crippen LogP) is 1.68. The highest BCUT2D eigenvalue weighted by Crippen LogP contribution is 2.24. The van der Waals surface area contributed by atoms with Gasteiger partial charge in [-0.25, -0.2) is 0 Å². The van der Waals surface area contributed by atoms with E-state index in [0.29, 0.717) is 0 Å². The summed E-state index contributed by atoms with van der Waals surface area (Å²) in [4.78, 5) is 0.886. The lowest BCUT2D eigenvalue weighted by Gasteiger charge is -2.12. The van der Waals surface area contributed by atoms with Crippen molar-refractivity contribution in [2.75, 3.05) is 11.3 Å². The Bertz CT molecular complexity index is 306. The Kier molecular flexibility index (Phi) is 3.22. The molecule has 1 rings (SSSR count). The molecule has 68 valence electrons. The van der Waals surface area contributed by atoms with Crippen LogP contribution in [0.25, 0.3) is 0 Å². The molecule has 12 heavy (non-hydrogen) atoms. The predicted molar refractivity (Wildman–Crippen MR) is 63.2 cm³/mol. The zero-order valence-electron chi connectivity index (χ0n) is 6.82. The molecular weight excluding hydrogens is 208 g/mol. The number of nitrogens with one attached hydrogen (secondary N) is 1. The van der Waals surface area contributed by atoms with Crippen LogP contribution in [0.1, 0.15) is 0 Å². The minimum Gasteiger partial charge on any atom is -0.369 e. The number of thiol groups is 1. The van der Waals surface area contributed by atoms with Crippen molar-refractivity contribution in [1.82, 2.24) is 0 Å². The SMILES string of the molecule is C[SH](=O)(P)c1ccc(NP)cc1. The summed E-state index contributed by atoms with van der Waals surface area (Å²) in [5.41, 5.74) is 1.00. The summed E-state index contributed by atoms with van der Waals surface area (Å²) in [6, 6.07) is 7.56. The fourth-order valence-electron chi connectivity index (χ4n) is 0.854. The summed E-state index contributed by atoms with van der Waals surface area (Å²) >= 11 is 0. The van der Waals surface area contributed by atoms with Gasteiger partial charge in [0, 0.05) is 10.6 Å². The molecule has 1 N–H and O–H groups in total. The first-order valence-electron chi connectivity index (χ1n) is 3.47. The minimum atomic E-state index is -2.17. The molecule has 0 aliphatic heterocycles. The third-order valence-electron chi connectivity index (χ3n) is 1.55. The Morgan fingerprint density at radius 2 is 1.83 bits per heavy atom. The summed E-state index contributed by atoms with van der Waals surface area (Å²) in [7, 11) is 2.64. The van der Waals surface area contributed by atoms with Crippen LogP contribution in [0.4, 0.5) is 5.69 Å². The normalized spacial score (nSPS) is 12.6. The van der Waals surface area contributed by atoms with E-state index in [0.717, 1.165) is 10.6 Å². The average Bonchev–Trinajstić information content (AvgIpc) is 2.03. The van der Waals surface area contributed by atoms with Gasteiger partial charge in [-0.05, 0) is 39.9 Å². The Hall–Kier alpha value is 0.0300. The van der Waals surface area contributed by atoms with Crippen molar-refractivity contribution in [3.8, 4) is 0 Å². The van der Waals surface area contributed by atoms with Gasteiger partial charge in [-0.15, -0.1) is 0 Å². The smallest absolute Gasteiger partial charge is 0.0369 e. The fraction of sp³-hybridized carbons (Fsp3) is 0.143. The highest BCUT2D eigenvalue weighted by molar-refractivity contribution is 8.44. The van der Waals surface area contributed by atoms with E-state index in [1.807, 2.05) is 24.3 Å². The van der Waals surface area contributed by atoms with Crippen molar-refractivity contribution in [1.29, 1.82) is 0 Å². The molecule has 0 aromatic heterocycles. The topological polar surface area (TPSA) is 29.1 Å². The Morgan fingerprint density at radius 3 is 2.17 bits per heavy atom. The van der Waals surface area contributed by atoms with E-state index in [9.17, 15) is 4.21 Å². The summed E-state index contributed by atoms with van der Waals surface area (Å²) < 4.78 is 11.6. The Labute approximate surface area is 78.2 Å². The van der Waals surface area contributed by atoms with Gasteiger partial charge in [0.2, 0.25) is 0 Å². The Morgan fingerprint density at radius 1 is 1.33 bits per heavy atom. The molecule has 5 heteroatoms. The molecule has 2 unspecified atom stereocenters. The van der Waals surface area contributed by atoms with Crippen LogP contribution in [0.5, 0.6) is 0 Å². The van der Waals surface area contributed by atoms with Gasteiger partial charge in [0.25, 0.3) is 0 Å². The van der Waals surface area contributed by atoms with Crippen LogP contribution in [-0.2, 0) is 9.55 Å². The molecule has 0 radical (unpaired) electrons. The zero-order chi connectivity index (χ0) is 9.19. The number of hydrogen-bond donors (Lipinski definition) is 2. The van der Waals surface area contributed by atoms with Crippen molar-refractivity contribution < 1.29 is 4.21 Å². The maximum absolute atomic E-state index is 11.6. The molecule has 1 aromatic carbocycles. The largest absolute Gasteiger partial charge is 0.369 e. The third kappa shape index (κ3) is 2.52. The maximum Gasteiger partial charge on any atom is 0.0369 e. The third-order valence-corrected chi connectivity index (χ3v) is 4.10. The second-order valence-electron chi connectivity index (χ2n) is 2.68. The lowest BCUT2D eigenvalue weighted by atomic mass is 10.3. The molecule has 2 nitrogen and oxygen atoms in total. The number of anilines is 1. The average molecular weight is 221 g/mol. The number of benzene rings is 1. The van der Waals surface area contributed by atoms with Gasteiger partial charge in [-0.3, -0.25) is 4.21 Å². The first-order valence-corrected chi connectivity index (χ1v) is 7.82. The second-order valence-corrected chi connectivity index (χ2v) is 8.42. The molecule has 0 heterocycles. The highest BCUT2D eigenvalue weighted by atomic mass is 32.8. The lowest BCUT2D eigenvalue weighted by molar-refractivity contribution is 0.684. The van der Waals surface area contributed by atoms with Crippen LogP contribution >= 0.6 is 17.8 Å². The number of rotatable bonds is 2. The molecule has 0 saturated heterocycles. The van der Waals surface area contributed by atoms with Gasteiger partial charge in [-0.1, -0.05) is 18.0 Å². The monoisotopic (exact) mass is 221 g/mol. The van der Waals surface area contributed by atoms with Gasteiger partial charge in [0.15, 0.2) is 0 Å². The molecule has 0 aliphatic carbocycles. The fourth-order valence-corrected chi connectivity index (χ4v) is 2.30. The van der Waals surface area contributed by atoms with Crippen molar-refractivity contribution in [2.24, 2.45) is 0 Å². The molecule has 0 bridgehead atoms. The molecule has 0 aliphatic rings. The minimum absolute atomic E-state index is 0.886. The molecule has 2 atom stereocenters. The van der Waals surface area contributed by atoms with Crippen LogP contribution in [0.2, 0.25) is 0 Å². The highest BCUT2D eigenvalue weighted by Gasteiger charge is 2.03. The van der Waals surface area contributed by atoms with Crippen LogP contribution in [0, 0.1) is 0 Å². The van der Waals surface area contributed by atoms with E-state index < -0.39 is 9.55 Å². The quantitative estimate of drug-likeness (QED) is 0.587. The molecule has 0 amide bonds. The summed E-state index contributed by atoms with van der Waals surface area (Å²) in [6.07, 6.45) is 1.74. The van der Waals surface area contributed by atoms with E-state index in [4.69, 9.17) is 0 Å². The van der Waals surface area contributed by atoms with Crippen molar-refractivity contribution in [3.63, 3.8) is 0 Å². The van der Waals surface area contributed by atoms with Crippen LogP contribution < -0.4 is 5.09 Å². The van der Waals surface area contributed by atoms with Crippen LogP contribution in [0.15, 0.2) is 29.2 Å². The standard InChI is InChI=1S/C7H13NOP2S/c1-12(9,11)7-4-2-6(8-10)3-5-7/h2-5,8,12H,10-11H2,1H3. The molecule has 0 saturated carbocycles. The van der Waals surface area contributed by atoms with Gasteiger partial charge >= 0.3 is 0 Å². The zero-order valence-corrected chi connectivity index (χ0v) is 10.0. The number of hydrogen-bond acceptors (Lipinski definition) is 2. The lowest BCUT2D eigenvalue weighted by Crippen LogP contribution is -1.97. The van der Waals surface area contributed by atoms with Gasteiger partial charge in [-0.2, -0.15) is 0 Å². The summed E-state index contributed by atoms with van der Waals surface area (Å²) in [5, 5.41) is 2.93. The molecule has 0 fully saturated rings. The van der Waals surface area contributed by atoms with Gasteiger partial charge < -0.3 is 5.09 Å². The first kappa shape index (κ1) is 10.1. The molecule has 0 spiro atoms. The van der Waals surface area contributed by atoms with Crippen LogP contribution in [-0.4, -0.2) is 10.5 Å². The van der Waals surface area contributed by atoms with Crippen molar-refractivity contribution in [2.45, 2.75) is 4.90 Å².